The van der Waals surface area contributed by atoms with E-state index in [4.69, 9.17) is 9.47 Å². The molecule has 1 saturated heterocycles. The van der Waals surface area contributed by atoms with Gasteiger partial charge in [-0.1, -0.05) is 6.07 Å². The van der Waals surface area contributed by atoms with Crippen LogP contribution in [0.2, 0.25) is 0 Å². The predicted octanol–water partition coefficient (Wildman–Crippen LogP) is 3.78. The lowest BCUT2D eigenvalue weighted by Gasteiger charge is -2.34. The Hall–Kier alpha value is -3.25. The smallest absolute Gasteiger partial charge is 0.253 e. The number of carbonyl (C=O) groups excluding carboxylic acids is 1. The molecule has 0 bridgehead atoms. The number of carbonyl (C=O) groups is 1. The molecule has 0 radical (unpaired) electrons. The van der Waals surface area contributed by atoms with Crippen molar-refractivity contribution in [2.24, 2.45) is 0 Å². The highest BCUT2D eigenvalue weighted by Gasteiger charge is 2.23. The molecule has 5 rings (SSSR count). The van der Waals surface area contributed by atoms with Gasteiger partial charge in [0.2, 0.25) is 6.79 Å². The van der Waals surface area contributed by atoms with Crippen LogP contribution in [0.4, 0.5) is 0 Å². The molecule has 3 aromatic rings. The molecule has 1 fully saturated rings. The van der Waals surface area contributed by atoms with Crippen molar-refractivity contribution in [2.45, 2.75) is 20.4 Å². The lowest BCUT2D eigenvalue weighted by molar-refractivity contribution is 0.0628. The molecule has 6 nitrogen and oxygen atoms in total. The zero-order valence-corrected chi connectivity index (χ0v) is 18.0. The summed E-state index contributed by atoms with van der Waals surface area (Å²) in [7, 11) is 0. The third-order valence-electron chi connectivity index (χ3n) is 6.15. The molecule has 0 spiro atoms. The van der Waals surface area contributed by atoms with Gasteiger partial charge in [0.1, 0.15) is 0 Å². The Morgan fingerprint density at radius 2 is 1.52 bits per heavy atom. The maximum absolute atomic E-state index is 13.0. The van der Waals surface area contributed by atoms with Crippen molar-refractivity contribution in [3.8, 4) is 17.2 Å². The fourth-order valence-electron chi connectivity index (χ4n) is 4.42. The second-order valence-corrected chi connectivity index (χ2v) is 8.25. The molecule has 1 amide bonds. The number of aryl methyl sites for hydroxylation is 2. The van der Waals surface area contributed by atoms with E-state index in [1.54, 1.807) is 0 Å². The van der Waals surface area contributed by atoms with Gasteiger partial charge < -0.3 is 18.9 Å². The van der Waals surface area contributed by atoms with E-state index in [0.717, 1.165) is 55.5 Å². The van der Waals surface area contributed by atoms with Gasteiger partial charge in [-0.25, -0.2) is 0 Å². The Morgan fingerprint density at radius 3 is 2.23 bits per heavy atom. The molecule has 0 aliphatic carbocycles. The summed E-state index contributed by atoms with van der Waals surface area (Å²) < 4.78 is 13.1. The fourth-order valence-corrected chi connectivity index (χ4v) is 4.42. The van der Waals surface area contributed by atoms with Crippen molar-refractivity contribution in [1.82, 2.24) is 14.4 Å². The third kappa shape index (κ3) is 3.91. The lowest BCUT2D eigenvalue weighted by atomic mass is 10.1. The van der Waals surface area contributed by atoms with Crippen LogP contribution in [0.1, 0.15) is 27.3 Å². The first kappa shape index (κ1) is 19.7. The van der Waals surface area contributed by atoms with Gasteiger partial charge in [-0.05, 0) is 67.9 Å². The summed E-state index contributed by atoms with van der Waals surface area (Å²) in [4.78, 5) is 17.3. The van der Waals surface area contributed by atoms with Gasteiger partial charge in [-0.2, -0.15) is 0 Å². The minimum Gasteiger partial charge on any atom is -0.454 e. The van der Waals surface area contributed by atoms with Crippen LogP contribution in [0, 0.1) is 13.8 Å². The Balaban J connectivity index is 1.19. The maximum atomic E-state index is 13.0. The molecular weight excluding hydrogens is 390 g/mol. The zero-order chi connectivity index (χ0) is 21.4. The van der Waals surface area contributed by atoms with Crippen LogP contribution < -0.4 is 9.47 Å². The second-order valence-electron chi connectivity index (χ2n) is 8.25. The van der Waals surface area contributed by atoms with Gasteiger partial charge in [0, 0.05) is 55.4 Å². The number of nitrogens with zero attached hydrogens (tertiary/aromatic N) is 3. The standard InChI is InChI=1S/C25H27N3O3/c1-18-3-4-19(2)28(18)22-8-6-21(7-9-22)25(29)27-13-11-26(12-14-27)16-20-5-10-23-24(15-20)31-17-30-23/h3-10,15H,11-14,16-17H2,1-2H3. The van der Waals surface area contributed by atoms with Crippen molar-refractivity contribution in [3.63, 3.8) is 0 Å². The average molecular weight is 418 g/mol. The Kier molecular flexibility index (Phi) is 5.16. The third-order valence-corrected chi connectivity index (χ3v) is 6.15. The monoisotopic (exact) mass is 417 g/mol. The van der Waals surface area contributed by atoms with Gasteiger partial charge in [0.05, 0.1) is 0 Å². The molecule has 0 saturated carbocycles. The highest BCUT2D eigenvalue weighted by molar-refractivity contribution is 5.94. The van der Waals surface area contributed by atoms with E-state index in [0.29, 0.717) is 6.79 Å². The van der Waals surface area contributed by atoms with Gasteiger partial charge in [0.25, 0.3) is 5.91 Å². The fraction of sp³-hybridized carbons (Fsp3) is 0.320. The number of ether oxygens (including phenoxy) is 2. The highest BCUT2D eigenvalue weighted by atomic mass is 16.7. The summed E-state index contributed by atoms with van der Waals surface area (Å²) in [6.07, 6.45) is 0. The second kappa shape index (κ2) is 8.12. The van der Waals surface area contributed by atoms with Crippen molar-refractivity contribution in [2.75, 3.05) is 33.0 Å². The topological polar surface area (TPSA) is 46.9 Å². The lowest BCUT2D eigenvalue weighted by Crippen LogP contribution is -2.48. The minimum absolute atomic E-state index is 0.107. The number of benzene rings is 2. The molecule has 2 aliphatic heterocycles. The minimum atomic E-state index is 0.107. The van der Waals surface area contributed by atoms with Crippen molar-refractivity contribution in [3.05, 3.63) is 77.1 Å². The normalized spacial score (nSPS) is 16.0. The van der Waals surface area contributed by atoms with Crippen LogP contribution in [0.3, 0.4) is 0 Å². The molecule has 0 unspecified atom stereocenters. The first-order valence-corrected chi connectivity index (χ1v) is 10.7. The van der Waals surface area contributed by atoms with E-state index in [-0.39, 0.29) is 5.91 Å². The van der Waals surface area contributed by atoms with E-state index in [1.807, 2.05) is 35.2 Å². The molecule has 31 heavy (non-hydrogen) atoms. The van der Waals surface area contributed by atoms with Crippen molar-refractivity contribution < 1.29 is 14.3 Å². The summed E-state index contributed by atoms with van der Waals surface area (Å²) in [5.41, 5.74) is 5.42. The van der Waals surface area contributed by atoms with Gasteiger partial charge >= 0.3 is 0 Å². The van der Waals surface area contributed by atoms with Crippen LogP contribution in [0.5, 0.6) is 11.5 Å². The number of aromatic nitrogens is 1. The molecule has 1 aromatic heterocycles. The first-order valence-electron chi connectivity index (χ1n) is 10.7. The predicted molar refractivity (Wildman–Crippen MR) is 119 cm³/mol. The van der Waals surface area contributed by atoms with Crippen LogP contribution in [0.25, 0.3) is 5.69 Å². The number of piperazine rings is 1. The summed E-state index contributed by atoms with van der Waals surface area (Å²) in [6, 6.07) is 18.3. The Labute approximate surface area is 182 Å². The molecule has 2 aromatic carbocycles. The van der Waals surface area contributed by atoms with E-state index in [9.17, 15) is 4.79 Å². The zero-order valence-electron chi connectivity index (χ0n) is 18.0. The molecule has 6 heteroatoms. The first-order chi connectivity index (χ1) is 15.1. The number of hydrogen-bond donors (Lipinski definition) is 0. The molecule has 3 heterocycles. The molecule has 0 atom stereocenters. The van der Waals surface area contributed by atoms with Crippen LogP contribution in [-0.2, 0) is 6.54 Å². The SMILES string of the molecule is Cc1ccc(C)n1-c1ccc(C(=O)N2CCN(Cc3ccc4c(c3)OCO4)CC2)cc1. The number of rotatable bonds is 4. The molecule has 2 aliphatic rings. The summed E-state index contributed by atoms with van der Waals surface area (Å²) in [5, 5.41) is 0. The quantitative estimate of drug-likeness (QED) is 0.648. The summed E-state index contributed by atoms with van der Waals surface area (Å²) in [5.74, 6) is 1.74. The molecule has 0 N–H and O–H groups in total. The van der Waals surface area contributed by atoms with Crippen molar-refractivity contribution >= 4 is 5.91 Å². The van der Waals surface area contributed by atoms with Crippen LogP contribution >= 0.6 is 0 Å². The van der Waals surface area contributed by atoms with E-state index < -0.39 is 0 Å². The Morgan fingerprint density at radius 1 is 0.839 bits per heavy atom. The Bertz CT molecular complexity index is 1080. The molecule has 160 valence electrons. The average Bonchev–Trinajstić information content (AvgIpc) is 3.39. The van der Waals surface area contributed by atoms with Crippen LogP contribution in [0.15, 0.2) is 54.6 Å². The van der Waals surface area contributed by atoms with Gasteiger partial charge in [-0.3, -0.25) is 9.69 Å². The van der Waals surface area contributed by atoms with Crippen LogP contribution in [-0.4, -0.2) is 53.2 Å². The highest BCUT2D eigenvalue weighted by Crippen LogP contribution is 2.32. The van der Waals surface area contributed by atoms with Gasteiger partial charge in [-0.15, -0.1) is 0 Å². The number of hydrogen-bond acceptors (Lipinski definition) is 4. The summed E-state index contributed by atoms with van der Waals surface area (Å²) >= 11 is 0. The largest absolute Gasteiger partial charge is 0.454 e. The number of fused-ring (bicyclic) bond motifs is 1. The molecular formula is C25H27N3O3. The van der Waals surface area contributed by atoms with Crippen molar-refractivity contribution in [1.29, 1.82) is 0 Å². The van der Waals surface area contributed by atoms with E-state index >= 15 is 0 Å². The van der Waals surface area contributed by atoms with E-state index in [1.165, 1.54) is 17.0 Å². The number of amides is 1. The summed E-state index contributed by atoms with van der Waals surface area (Å²) in [6.45, 7) is 8.53. The maximum Gasteiger partial charge on any atom is 0.253 e. The van der Waals surface area contributed by atoms with E-state index in [2.05, 4.69) is 47.6 Å². The van der Waals surface area contributed by atoms with Gasteiger partial charge in [0.15, 0.2) is 11.5 Å².